The Hall–Kier alpha value is -3.75. The topological polar surface area (TPSA) is 124 Å². The minimum Gasteiger partial charge on any atom is -0.479 e. The molecule has 0 radical (unpaired) electrons. The lowest BCUT2D eigenvalue weighted by Crippen LogP contribution is -2.48. The van der Waals surface area contributed by atoms with Gasteiger partial charge < -0.3 is 20.6 Å². The van der Waals surface area contributed by atoms with Gasteiger partial charge in [0.15, 0.2) is 6.10 Å². The average Bonchev–Trinajstić information content (AvgIpc) is 2.78. The number of carbonyl (C=O) groups excluding carboxylic acids is 1. The molecule has 0 aliphatic heterocycles. The second-order valence-electron chi connectivity index (χ2n) is 7.24. The summed E-state index contributed by atoms with van der Waals surface area (Å²) in [6, 6.07) is 14.5. The van der Waals surface area contributed by atoms with Crippen molar-refractivity contribution in [1.82, 2.24) is 5.32 Å². The molecule has 0 bridgehead atoms. The third-order valence-electron chi connectivity index (χ3n) is 4.98. The number of hydrogen-bond acceptors (Lipinski definition) is 4. The molecule has 3 aromatic rings. The number of benzene rings is 3. The molecule has 33 heavy (non-hydrogen) atoms. The van der Waals surface area contributed by atoms with Crippen molar-refractivity contribution in [2.45, 2.75) is 18.6 Å². The number of hydrogen-bond donors (Lipinski definition) is 4. The summed E-state index contributed by atoms with van der Waals surface area (Å²) >= 11 is 6.12. The number of rotatable bonds is 8. The van der Waals surface area contributed by atoms with Crippen molar-refractivity contribution in [3.8, 4) is 11.1 Å². The maximum absolute atomic E-state index is 14.3. The summed E-state index contributed by atoms with van der Waals surface area (Å²) in [6.45, 7) is 0. The van der Waals surface area contributed by atoms with Crippen molar-refractivity contribution in [1.29, 1.82) is 0 Å². The number of aliphatic hydroxyl groups excluding tert-OH is 1. The number of halogens is 2. The van der Waals surface area contributed by atoms with Crippen molar-refractivity contribution in [3.63, 3.8) is 0 Å². The summed E-state index contributed by atoms with van der Waals surface area (Å²) in [4.78, 5) is 35.8. The van der Waals surface area contributed by atoms with E-state index in [9.17, 15) is 34.1 Å². The molecule has 0 aliphatic rings. The molecule has 0 heterocycles. The fourth-order valence-corrected chi connectivity index (χ4v) is 3.58. The van der Waals surface area contributed by atoms with Crippen LogP contribution in [-0.4, -0.2) is 45.3 Å². The summed E-state index contributed by atoms with van der Waals surface area (Å²) < 4.78 is 14.3. The van der Waals surface area contributed by atoms with E-state index < -0.39 is 35.8 Å². The third-order valence-corrected chi connectivity index (χ3v) is 5.35. The Balaban J connectivity index is 1.94. The SMILES string of the molecule is O=C(NC(Cc1ccccc1Cl)C(O)C(=O)O)c1cc(F)cc(-c2ccccc2C(=O)O)c1. The lowest BCUT2D eigenvalue weighted by molar-refractivity contribution is -0.148. The van der Waals surface area contributed by atoms with E-state index in [1.54, 1.807) is 30.3 Å². The van der Waals surface area contributed by atoms with E-state index in [2.05, 4.69) is 5.32 Å². The number of aliphatic hydroxyl groups is 1. The van der Waals surface area contributed by atoms with Gasteiger partial charge in [0, 0.05) is 10.6 Å². The largest absolute Gasteiger partial charge is 0.479 e. The van der Waals surface area contributed by atoms with Gasteiger partial charge in [-0.05, 0) is 53.4 Å². The first-order valence-electron chi connectivity index (χ1n) is 9.75. The van der Waals surface area contributed by atoms with Gasteiger partial charge >= 0.3 is 11.9 Å². The van der Waals surface area contributed by atoms with E-state index in [4.69, 9.17) is 11.6 Å². The molecule has 0 aromatic heterocycles. The standard InChI is InChI=1S/C24H19ClFNO6/c25-19-8-4-1-5-13(19)12-20(21(28)24(32)33)27-22(29)15-9-14(10-16(26)11-15)17-6-2-3-7-18(17)23(30)31/h1-11,20-21,28H,12H2,(H,27,29)(H,30,31)(H,32,33). The molecule has 170 valence electrons. The van der Waals surface area contributed by atoms with Gasteiger partial charge in [0.25, 0.3) is 5.91 Å². The molecular formula is C24H19ClFNO6. The first kappa shape index (κ1) is 23.9. The molecule has 7 nitrogen and oxygen atoms in total. The van der Waals surface area contributed by atoms with Crippen LogP contribution in [0, 0.1) is 5.82 Å². The van der Waals surface area contributed by atoms with Crippen LogP contribution in [0.1, 0.15) is 26.3 Å². The van der Waals surface area contributed by atoms with E-state index >= 15 is 0 Å². The van der Waals surface area contributed by atoms with E-state index in [0.717, 1.165) is 12.1 Å². The zero-order chi connectivity index (χ0) is 24.1. The van der Waals surface area contributed by atoms with Crippen LogP contribution in [0.2, 0.25) is 5.02 Å². The molecule has 2 unspecified atom stereocenters. The van der Waals surface area contributed by atoms with Gasteiger partial charge in [-0.2, -0.15) is 0 Å². The minimum absolute atomic E-state index is 0.0765. The number of aliphatic carboxylic acids is 1. The molecule has 1 amide bonds. The van der Waals surface area contributed by atoms with E-state index in [1.807, 2.05) is 0 Å². The van der Waals surface area contributed by atoms with Crippen LogP contribution in [-0.2, 0) is 11.2 Å². The van der Waals surface area contributed by atoms with Crippen molar-refractivity contribution < 1.29 is 34.1 Å². The Morgan fingerprint density at radius 1 is 0.970 bits per heavy atom. The van der Waals surface area contributed by atoms with Crippen LogP contribution in [0.15, 0.2) is 66.7 Å². The summed E-state index contributed by atoms with van der Waals surface area (Å²) in [5.41, 5.74) is 0.607. The molecule has 0 saturated heterocycles. The molecule has 0 fully saturated rings. The predicted molar refractivity (Wildman–Crippen MR) is 119 cm³/mol. The normalized spacial score (nSPS) is 12.6. The summed E-state index contributed by atoms with van der Waals surface area (Å²) in [5, 5.41) is 31.5. The number of amides is 1. The lowest BCUT2D eigenvalue weighted by Gasteiger charge is -2.22. The highest BCUT2D eigenvalue weighted by Gasteiger charge is 2.29. The first-order valence-corrected chi connectivity index (χ1v) is 10.1. The molecule has 0 saturated carbocycles. The fraction of sp³-hybridized carbons (Fsp3) is 0.125. The highest BCUT2D eigenvalue weighted by Crippen LogP contribution is 2.26. The Morgan fingerprint density at radius 2 is 1.64 bits per heavy atom. The summed E-state index contributed by atoms with van der Waals surface area (Å²) in [7, 11) is 0. The Labute approximate surface area is 193 Å². The summed E-state index contributed by atoms with van der Waals surface area (Å²) in [5.74, 6) is -4.41. The van der Waals surface area contributed by atoms with Gasteiger partial charge in [0.1, 0.15) is 5.82 Å². The number of carboxylic acid groups (broad SMARTS) is 2. The Kier molecular flexibility index (Phi) is 7.42. The number of nitrogens with one attached hydrogen (secondary N) is 1. The molecule has 3 aromatic carbocycles. The van der Waals surface area contributed by atoms with Crippen LogP contribution in [0.25, 0.3) is 11.1 Å². The average molecular weight is 472 g/mol. The van der Waals surface area contributed by atoms with Crippen molar-refractivity contribution >= 4 is 29.4 Å². The first-order chi connectivity index (χ1) is 15.7. The van der Waals surface area contributed by atoms with Crippen LogP contribution >= 0.6 is 11.6 Å². The molecule has 3 rings (SSSR count). The van der Waals surface area contributed by atoms with Gasteiger partial charge in [-0.1, -0.05) is 48.0 Å². The monoisotopic (exact) mass is 471 g/mol. The number of carboxylic acids is 2. The van der Waals surface area contributed by atoms with Crippen LogP contribution in [0.5, 0.6) is 0 Å². The molecular weight excluding hydrogens is 453 g/mol. The molecule has 4 N–H and O–H groups in total. The highest BCUT2D eigenvalue weighted by atomic mass is 35.5. The lowest BCUT2D eigenvalue weighted by atomic mass is 9.97. The van der Waals surface area contributed by atoms with Crippen LogP contribution in [0.3, 0.4) is 0 Å². The number of carbonyl (C=O) groups is 3. The van der Waals surface area contributed by atoms with Crippen molar-refractivity contribution in [2.24, 2.45) is 0 Å². The van der Waals surface area contributed by atoms with E-state index in [-0.39, 0.29) is 28.7 Å². The minimum atomic E-state index is -1.95. The van der Waals surface area contributed by atoms with Gasteiger partial charge in [0.2, 0.25) is 0 Å². The smallest absolute Gasteiger partial charge is 0.336 e. The van der Waals surface area contributed by atoms with Crippen molar-refractivity contribution in [3.05, 3.63) is 94.3 Å². The number of aromatic carboxylic acids is 1. The van der Waals surface area contributed by atoms with E-state index in [0.29, 0.717) is 10.6 Å². The second kappa shape index (κ2) is 10.2. The molecule has 0 aliphatic carbocycles. The van der Waals surface area contributed by atoms with Gasteiger partial charge in [-0.25, -0.2) is 14.0 Å². The molecule has 9 heteroatoms. The highest BCUT2D eigenvalue weighted by molar-refractivity contribution is 6.31. The van der Waals surface area contributed by atoms with E-state index in [1.165, 1.54) is 24.3 Å². The maximum atomic E-state index is 14.3. The molecule has 0 spiro atoms. The molecule has 2 atom stereocenters. The van der Waals surface area contributed by atoms with Crippen molar-refractivity contribution in [2.75, 3.05) is 0 Å². The fourth-order valence-electron chi connectivity index (χ4n) is 3.36. The Morgan fingerprint density at radius 3 is 2.30 bits per heavy atom. The van der Waals surface area contributed by atoms with Crippen LogP contribution in [0.4, 0.5) is 4.39 Å². The summed E-state index contributed by atoms with van der Waals surface area (Å²) in [6.07, 6.45) is -2.05. The zero-order valence-electron chi connectivity index (χ0n) is 17.0. The predicted octanol–water partition coefficient (Wildman–Crippen LogP) is 3.63. The van der Waals surface area contributed by atoms with Gasteiger partial charge in [-0.15, -0.1) is 0 Å². The van der Waals surface area contributed by atoms with Gasteiger partial charge in [0.05, 0.1) is 11.6 Å². The second-order valence-corrected chi connectivity index (χ2v) is 7.65. The maximum Gasteiger partial charge on any atom is 0.336 e. The van der Waals surface area contributed by atoms with Crippen LogP contribution < -0.4 is 5.32 Å². The Bertz CT molecular complexity index is 1220. The van der Waals surface area contributed by atoms with Gasteiger partial charge in [-0.3, -0.25) is 4.79 Å². The zero-order valence-corrected chi connectivity index (χ0v) is 17.8. The third kappa shape index (κ3) is 5.74. The quantitative estimate of drug-likeness (QED) is 0.397.